The summed E-state index contributed by atoms with van der Waals surface area (Å²) in [6.45, 7) is 2.91. The highest BCUT2D eigenvalue weighted by atomic mass is 19.2. The summed E-state index contributed by atoms with van der Waals surface area (Å²) < 4.78 is 31.1. The second-order valence-corrected chi connectivity index (χ2v) is 5.04. The van der Waals surface area contributed by atoms with Gasteiger partial charge in [0, 0.05) is 38.1 Å². The van der Waals surface area contributed by atoms with Gasteiger partial charge in [0.1, 0.15) is 17.3 Å². The number of rotatable bonds is 7. The molecule has 0 saturated carbocycles. The lowest BCUT2D eigenvalue weighted by Gasteiger charge is -2.09. The first-order chi connectivity index (χ1) is 11.5. The van der Waals surface area contributed by atoms with E-state index in [1.165, 1.54) is 12.1 Å². The number of methoxy groups -OCH3 is 1. The molecule has 2 rings (SSSR count). The lowest BCUT2D eigenvalue weighted by atomic mass is 10.2. The van der Waals surface area contributed by atoms with Crippen molar-refractivity contribution in [1.29, 1.82) is 0 Å². The molecule has 0 atom stereocenters. The molecule has 8 heteroatoms. The zero-order valence-electron chi connectivity index (χ0n) is 13.4. The minimum Gasteiger partial charge on any atom is -0.385 e. The minimum atomic E-state index is -1.04. The zero-order chi connectivity index (χ0) is 17.5. The third-order valence-electron chi connectivity index (χ3n) is 3.08. The fourth-order valence-electron chi connectivity index (χ4n) is 1.98. The molecule has 2 N–H and O–H groups in total. The van der Waals surface area contributed by atoms with Crippen LogP contribution in [0.15, 0.2) is 24.3 Å². The van der Waals surface area contributed by atoms with Crippen LogP contribution >= 0.6 is 0 Å². The van der Waals surface area contributed by atoms with Gasteiger partial charge in [0.15, 0.2) is 11.6 Å². The smallest absolute Gasteiger partial charge is 0.274 e. The third-order valence-corrected chi connectivity index (χ3v) is 3.08. The second kappa shape index (κ2) is 8.30. The molecule has 0 spiro atoms. The number of hydrogen-bond donors (Lipinski definition) is 2. The Kier molecular flexibility index (Phi) is 6.14. The Bertz CT molecular complexity index is 725. The monoisotopic (exact) mass is 336 g/mol. The number of nitrogens with zero attached hydrogens (tertiary/aromatic N) is 2. The van der Waals surface area contributed by atoms with Crippen LogP contribution in [0, 0.1) is 18.6 Å². The summed E-state index contributed by atoms with van der Waals surface area (Å²) in [4.78, 5) is 20.5. The fraction of sp³-hybridized carbons (Fsp3) is 0.312. The van der Waals surface area contributed by atoms with E-state index in [2.05, 4.69) is 20.6 Å². The minimum absolute atomic E-state index is 0.126. The van der Waals surface area contributed by atoms with Crippen molar-refractivity contribution in [2.45, 2.75) is 13.3 Å². The molecule has 1 heterocycles. The number of amides is 1. The van der Waals surface area contributed by atoms with Crippen LogP contribution in [0.5, 0.6) is 0 Å². The maximum absolute atomic E-state index is 13.2. The normalized spacial score (nSPS) is 10.5. The molecular weight excluding hydrogens is 318 g/mol. The molecule has 1 aromatic heterocycles. The molecule has 6 nitrogen and oxygen atoms in total. The highest BCUT2D eigenvalue weighted by molar-refractivity contribution is 6.03. The van der Waals surface area contributed by atoms with Crippen LogP contribution in [0.3, 0.4) is 0 Å². The molecule has 24 heavy (non-hydrogen) atoms. The maximum Gasteiger partial charge on any atom is 0.274 e. The van der Waals surface area contributed by atoms with Crippen LogP contribution in [-0.2, 0) is 4.74 Å². The molecule has 0 radical (unpaired) electrons. The van der Waals surface area contributed by atoms with Gasteiger partial charge < -0.3 is 15.4 Å². The molecule has 0 aliphatic heterocycles. The van der Waals surface area contributed by atoms with Crippen molar-refractivity contribution in [2.75, 3.05) is 30.9 Å². The van der Waals surface area contributed by atoms with Crippen LogP contribution in [-0.4, -0.2) is 36.1 Å². The molecule has 1 aromatic carbocycles. The van der Waals surface area contributed by atoms with Crippen LogP contribution in [0.1, 0.15) is 22.7 Å². The van der Waals surface area contributed by atoms with Gasteiger partial charge in [-0.15, -0.1) is 0 Å². The Morgan fingerprint density at radius 3 is 2.71 bits per heavy atom. The number of benzene rings is 1. The highest BCUT2D eigenvalue weighted by Gasteiger charge is 2.12. The number of carbonyl (C=O) groups is 1. The average Bonchev–Trinajstić information content (AvgIpc) is 2.54. The summed E-state index contributed by atoms with van der Waals surface area (Å²) in [5.41, 5.74) is 0.270. The SMILES string of the molecule is COCCCNc1cc(C(=O)Nc2ccc(F)c(F)c2)nc(C)n1. The number of aromatic nitrogens is 2. The van der Waals surface area contributed by atoms with E-state index in [-0.39, 0.29) is 11.4 Å². The van der Waals surface area contributed by atoms with E-state index in [4.69, 9.17) is 4.74 Å². The van der Waals surface area contributed by atoms with Crippen molar-refractivity contribution in [3.63, 3.8) is 0 Å². The van der Waals surface area contributed by atoms with Crippen LogP contribution < -0.4 is 10.6 Å². The highest BCUT2D eigenvalue weighted by Crippen LogP contribution is 2.15. The predicted molar refractivity (Wildman–Crippen MR) is 86.1 cm³/mol. The number of nitrogens with one attached hydrogen (secondary N) is 2. The fourth-order valence-corrected chi connectivity index (χ4v) is 1.98. The average molecular weight is 336 g/mol. The lowest BCUT2D eigenvalue weighted by molar-refractivity contribution is 0.102. The topological polar surface area (TPSA) is 76.1 Å². The molecule has 2 aromatic rings. The summed E-state index contributed by atoms with van der Waals surface area (Å²) in [5.74, 6) is -1.62. The van der Waals surface area contributed by atoms with Crippen molar-refractivity contribution < 1.29 is 18.3 Å². The summed E-state index contributed by atoms with van der Waals surface area (Å²) >= 11 is 0. The molecular formula is C16H18F2N4O2. The van der Waals surface area contributed by atoms with Crippen molar-refractivity contribution in [2.24, 2.45) is 0 Å². The van der Waals surface area contributed by atoms with Crippen molar-refractivity contribution in [1.82, 2.24) is 9.97 Å². The van der Waals surface area contributed by atoms with E-state index in [9.17, 15) is 13.6 Å². The number of hydrogen-bond acceptors (Lipinski definition) is 5. The van der Waals surface area contributed by atoms with E-state index in [1.807, 2.05) is 0 Å². The van der Waals surface area contributed by atoms with Gasteiger partial charge in [-0.25, -0.2) is 18.7 Å². The molecule has 0 bridgehead atoms. The van der Waals surface area contributed by atoms with Gasteiger partial charge in [-0.05, 0) is 25.5 Å². The first-order valence-corrected chi connectivity index (χ1v) is 7.34. The number of aryl methyl sites for hydroxylation is 1. The number of anilines is 2. The Morgan fingerprint density at radius 1 is 1.21 bits per heavy atom. The van der Waals surface area contributed by atoms with Crippen molar-refractivity contribution in [3.8, 4) is 0 Å². The third kappa shape index (κ3) is 4.95. The van der Waals surface area contributed by atoms with Gasteiger partial charge in [0.25, 0.3) is 5.91 Å². The lowest BCUT2D eigenvalue weighted by Crippen LogP contribution is -2.16. The first-order valence-electron chi connectivity index (χ1n) is 7.34. The van der Waals surface area contributed by atoms with E-state index < -0.39 is 17.5 Å². The summed E-state index contributed by atoms with van der Waals surface area (Å²) in [6, 6.07) is 4.62. The van der Waals surface area contributed by atoms with E-state index in [0.29, 0.717) is 24.8 Å². The second-order valence-electron chi connectivity index (χ2n) is 5.04. The quantitative estimate of drug-likeness (QED) is 0.761. The molecule has 0 fully saturated rings. The molecule has 0 aliphatic rings. The zero-order valence-corrected chi connectivity index (χ0v) is 13.4. The van der Waals surface area contributed by atoms with Gasteiger partial charge in [0.05, 0.1) is 0 Å². The largest absolute Gasteiger partial charge is 0.385 e. The summed E-state index contributed by atoms with van der Waals surface area (Å²) in [5, 5.41) is 5.55. The van der Waals surface area contributed by atoms with Crippen LogP contribution in [0.25, 0.3) is 0 Å². The van der Waals surface area contributed by atoms with Gasteiger partial charge in [-0.3, -0.25) is 4.79 Å². The van der Waals surface area contributed by atoms with Gasteiger partial charge >= 0.3 is 0 Å². The van der Waals surface area contributed by atoms with Crippen LogP contribution in [0.4, 0.5) is 20.3 Å². The van der Waals surface area contributed by atoms with Gasteiger partial charge in [-0.1, -0.05) is 0 Å². The Balaban J connectivity index is 2.07. The molecule has 0 saturated heterocycles. The van der Waals surface area contributed by atoms with E-state index >= 15 is 0 Å². The number of ether oxygens (including phenoxy) is 1. The van der Waals surface area contributed by atoms with Gasteiger partial charge in [-0.2, -0.15) is 0 Å². The summed E-state index contributed by atoms with van der Waals surface area (Å²) in [7, 11) is 1.62. The maximum atomic E-state index is 13.2. The number of carbonyl (C=O) groups excluding carboxylic acids is 1. The Morgan fingerprint density at radius 2 is 2.00 bits per heavy atom. The van der Waals surface area contributed by atoms with E-state index in [1.54, 1.807) is 14.0 Å². The molecule has 0 unspecified atom stereocenters. The molecule has 0 aliphatic carbocycles. The predicted octanol–water partition coefficient (Wildman–Crippen LogP) is 2.76. The first kappa shape index (κ1) is 17.7. The van der Waals surface area contributed by atoms with E-state index in [0.717, 1.165) is 18.6 Å². The number of halogens is 2. The Labute approximate surface area is 138 Å². The Hall–Kier alpha value is -2.61. The van der Waals surface area contributed by atoms with Gasteiger partial charge in [0.2, 0.25) is 0 Å². The molecule has 1 amide bonds. The van der Waals surface area contributed by atoms with Crippen LogP contribution in [0.2, 0.25) is 0 Å². The van der Waals surface area contributed by atoms with Crippen molar-refractivity contribution in [3.05, 3.63) is 47.4 Å². The standard InChI is InChI=1S/C16H18F2N4O2/c1-10-20-14(9-15(21-10)19-6-3-7-24-2)16(23)22-11-4-5-12(17)13(18)8-11/h4-5,8-9H,3,6-7H2,1-2H3,(H,22,23)(H,19,20,21). The van der Waals surface area contributed by atoms with Crippen molar-refractivity contribution >= 4 is 17.4 Å². The molecule has 128 valence electrons. The summed E-state index contributed by atoms with van der Waals surface area (Å²) in [6.07, 6.45) is 0.788.